The summed E-state index contributed by atoms with van der Waals surface area (Å²) in [6.45, 7) is 18.7. The lowest BCUT2D eigenvalue weighted by molar-refractivity contribution is -0.139. The molecule has 3 spiro atoms. The minimum Gasteiger partial charge on any atom is -0.372 e. The number of Topliss-reactive ketones (excluding diaryl/α,β-unsaturated/α-hetero) is 6. The van der Waals surface area contributed by atoms with Gasteiger partial charge in [0.2, 0.25) is 17.7 Å². The van der Waals surface area contributed by atoms with Crippen molar-refractivity contribution in [1.29, 1.82) is 0 Å². The lowest BCUT2D eigenvalue weighted by Gasteiger charge is -2.27. The molecule has 0 radical (unpaired) electrons. The zero-order valence-corrected chi connectivity index (χ0v) is 86.5. The monoisotopic (exact) mass is 2120 g/mol. The van der Waals surface area contributed by atoms with Crippen molar-refractivity contribution in [2.45, 2.75) is 213 Å². The first-order valence-electron chi connectivity index (χ1n) is 49.1. The second kappa shape index (κ2) is 40.5. The van der Waals surface area contributed by atoms with Gasteiger partial charge in [0.15, 0.2) is 34.7 Å². The van der Waals surface area contributed by atoms with E-state index in [1.807, 2.05) is 132 Å². The van der Waals surface area contributed by atoms with Gasteiger partial charge in [-0.1, -0.05) is 67.3 Å². The van der Waals surface area contributed by atoms with Gasteiger partial charge in [0.1, 0.15) is 68.0 Å². The van der Waals surface area contributed by atoms with Crippen LogP contribution in [0.25, 0.3) is 71.7 Å². The maximum absolute atomic E-state index is 14.4. The number of benzene rings is 3. The fourth-order valence-corrected chi connectivity index (χ4v) is 23.6. The molecule has 8 bridgehead atoms. The molecular weight excluding hydrogens is 2020 g/mol. The van der Waals surface area contributed by atoms with Crippen LogP contribution in [-0.4, -0.2) is 244 Å². The quantitative estimate of drug-likeness (QED) is 0.0623. The van der Waals surface area contributed by atoms with E-state index < -0.39 is 18.1 Å². The molecule has 144 heavy (non-hydrogen) atoms. The van der Waals surface area contributed by atoms with E-state index in [0.717, 1.165) is 150 Å². The number of piperidine rings is 3. The fraction of sp³-hybridized carbons (Fsp3) is 0.394. The highest BCUT2D eigenvalue weighted by molar-refractivity contribution is 9.11. The number of likely N-dealkylation sites (tertiary alicyclic amines) is 3. The Morgan fingerprint density at radius 2 is 0.764 bits per heavy atom. The molecule has 10 aromatic heterocycles. The van der Waals surface area contributed by atoms with Gasteiger partial charge in [-0.3, -0.25) is 61.9 Å². The van der Waals surface area contributed by atoms with E-state index in [1.54, 1.807) is 62.3 Å². The van der Waals surface area contributed by atoms with Crippen LogP contribution in [0.1, 0.15) is 180 Å². The molecule has 16 heterocycles. The number of nitrogens with zero attached hydrogens (tertiary/aromatic N) is 22. The molecule has 6 fully saturated rings. The first-order chi connectivity index (χ1) is 69.3. The van der Waals surface area contributed by atoms with Gasteiger partial charge >= 0.3 is 0 Å². The van der Waals surface area contributed by atoms with Crippen molar-refractivity contribution >= 4 is 138 Å². The summed E-state index contributed by atoms with van der Waals surface area (Å²) in [5, 5.41) is 20.5. The van der Waals surface area contributed by atoms with Crippen molar-refractivity contribution in [3.63, 3.8) is 0 Å². The molecular formula is C109H111Br3N22O10. The number of carbonyl (C=O) groups excluding carboxylic acids is 9. The van der Waals surface area contributed by atoms with E-state index in [2.05, 4.69) is 158 Å². The predicted octanol–water partition coefficient (Wildman–Crippen LogP) is 15.5. The minimum absolute atomic E-state index is 0.00335. The Kier molecular flexibility index (Phi) is 27.7. The van der Waals surface area contributed by atoms with Crippen LogP contribution in [-0.2, 0) is 98.4 Å². The van der Waals surface area contributed by atoms with Crippen molar-refractivity contribution in [1.82, 2.24) is 108 Å². The van der Waals surface area contributed by atoms with Crippen LogP contribution in [0.15, 0.2) is 185 Å². The van der Waals surface area contributed by atoms with Gasteiger partial charge in [0.05, 0.1) is 90.4 Å². The molecule has 3 saturated carbocycles. The third-order valence-corrected chi connectivity index (χ3v) is 31.4. The number of carbonyl (C=O) groups is 9. The average Bonchev–Trinajstić information content (AvgIpc) is 1.54. The summed E-state index contributed by atoms with van der Waals surface area (Å²) in [4.78, 5) is 174. The number of halogens is 3. The van der Waals surface area contributed by atoms with Crippen molar-refractivity contribution in [3.8, 4) is 33.4 Å². The molecule has 35 heteroatoms. The number of aryl methyl sites for hydroxylation is 3. The molecule has 6 aliphatic heterocycles. The van der Waals surface area contributed by atoms with E-state index in [4.69, 9.17) is 14.7 Å². The van der Waals surface area contributed by atoms with E-state index in [0.29, 0.717) is 126 Å². The van der Waals surface area contributed by atoms with Gasteiger partial charge in [-0.05, 0) is 273 Å². The third kappa shape index (κ3) is 20.4. The van der Waals surface area contributed by atoms with Gasteiger partial charge in [-0.15, -0.1) is 0 Å². The zero-order chi connectivity index (χ0) is 100. The number of rotatable bonds is 12. The summed E-state index contributed by atoms with van der Waals surface area (Å²) < 4.78 is 14.7. The maximum atomic E-state index is 14.4. The van der Waals surface area contributed by atoms with Crippen molar-refractivity contribution in [2.75, 3.05) is 46.9 Å². The number of ketones is 6. The molecule has 738 valence electrons. The standard InChI is InChI=1S/C37H40BrN7O3.C36H33BrN8O4.C36H38BrN7O3/c1-23(46)36-28-15-26(27-19-39-24(2)40-20-27)10-12-30(28)44(42-36)21-35(48)45-31-17-37(18-33(37)45)22-43(3)14-8-6-4-5-7-9-25-11-13-34(38)41-29(25)16-32(31)47;1-20-17-49-18-24-5-7-33(37)41-28(24)9-31(47)30-10-36(19-43-15-26(20)14-40-43)11-32(36)45(30)34(48)16-44-29-6-4-23(25-12-38-22(3)39-13-25)8-27(29)35(42-44)21(2)46;1-22(45)35-27-14-25(26-18-38-23(2)39-19-26)9-11-29(27)43(41-35)20-34(47)44-30-16-36(17-32(36)44)21-42(3)13-7-5-4-6-8-24-10-12-33(37)40-28(24)15-31(30)46/h5,7,10-13,15,19-20,31,33H,4,6,8-9,14,16-18,21-22H2,1-3H3;4-8,12-15,30,32H,1,9-11,16-19H2,2-3H3;4,6,9-12,14,18-19,30,32H,5,7-8,13,15-17,20-21H2,1-3H3/t31-,33+,37-;2*30-,32+,36-/m000/s1. The summed E-state index contributed by atoms with van der Waals surface area (Å²) >= 11 is 10.4. The van der Waals surface area contributed by atoms with E-state index in [9.17, 15) is 43.2 Å². The van der Waals surface area contributed by atoms with E-state index in [-0.39, 0.29) is 138 Å². The first kappa shape index (κ1) is 98.3. The fourth-order valence-electron chi connectivity index (χ4n) is 22.6. The van der Waals surface area contributed by atoms with E-state index >= 15 is 0 Å². The summed E-state index contributed by atoms with van der Waals surface area (Å²) in [6.07, 6.45) is 34.5. The van der Waals surface area contributed by atoms with Crippen molar-refractivity contribution < 1.29 is 47.9 Å². The molecule has 32 nitrogen and oxygen atoms in total. The molecule has 9 atom stereocenters. The zero-order valence-electron chi connectivity index (χ0n) is 81.7. The summed E-state index contributed by atoms with van der Waals surface area (Å²) in [5.74, 6) is 0.859. The first-order valence-corrected chi connectivity index (χ1v) is 51.5. The average molecular weight is 2130 g/mol. The second-order valence-corrected chi connectivity index (χ2v) is 42.8. The van der Waals surface area contributed by atoms with Gasteiger partial charge in [0, 0.05) is 157 Å². The van der Waals surface area contributed by atoms with Crippen LogP contribution in [0.5, 0.6) is 0 Å². The van der Waals surface area contributed by atoms with Gasteiger partial charge in [-0.2, -0.15) is 20.4 Å². The Balaban J connectivity index is 0.000000132. The van der Waals surface area contributed by atoms with Gasteiger partial charge in [-0.25, -0.2) is 44.9 Å². The topological polar surface area (TPSA) is 366 Å². The van der Waals surface area contributed by atoms with Crippen LogP contribution in [0.4, 0.5) is 0 Å². The van der Waals surface area contributed by atoms with Crippen molar-refractivity contribution in [2.24, 2.45) is 16.2 Å². The maximum Gasteiger partial charge on any atom is 0.245 e. The third-order valence-electron chi connectivity index (χ3n) is 30.1. The number of pyridine rings is 3. The number of allylic oxidation sites excluding steroid dienone is 4. The SMILES string of the molecule is C=C1COCc2ccc(Br)nc2CC(=O)[C@@H]2C[C@]3(C[C@H]3N2C(=O)Cn2nc(C(C)=O)c3cc(-c4cnc(C)nc4)ccc32)Cn2cc1cn2.CC(=O)c1nn(CC(=O)N2[C@H]3C[C@]4(C[C@@H]24)CN(C)CCCC=CCc2ccc(Br)nc2CC3=O)c2ccc(-c3cnc(C)nc3)cc12.CC(=O)c1nn(CC(=O)N2[C@H]3C[C@]4(C[C@@H]24)CN(C)CCCCC=CCc2ccc(Br)nc2CC3=O)c2ccc(-c3cnc(C)nc3)cc12. The van der Waals surface area contributed by atoms with Gasteiger partial charge < -0.3 is 29.2 Å². The normalized spacial score (nSPS) is 22.8. The molecule has 22 rings (SSSR count). The molecule has 3 aromatic carbocycles. The largest absolute Gasteiger partial charge is 0.372 e. The Bertz CT molecular complexity index is 7420. The summed E-state index contributed by atoms with van der Waals surface area (Å²) in [5.41, 5.74) is 14.2. The highest BCUT2D eigenvalue weighted by atomic mass is 79.9. The molecule has 0 N–H and O–H groups in total. The molecule has 3 aliphatic carbocycles. The highest BCUT2D eigenvalue weighted by Gasteiger charge is 2.70. The molecule has 3 saturated heterocycles. The Morgan fingerprint density at radius 1 is 0.410 bits per heavy atom. The number of hydrogen-bond acceptors (Lipinski definition) is 25. The summed E-state index contributed by atoms with van der Waals surface area (Å²) in [7, 11) is 4.29. The molecule has 0 unspecified atom stereocenters. The van der Waals surface area contributed by atoms with Crippen LogP contribution < -0.4 is 0 Å². The van der Waals surface area contributed by atoms with Crippen LogP contribution in [0, 0.1) is 37.0 Å². The smallest absolute Gasteiger partial charge is 0.245 e. The van der Waals surface area contributed by atoms with Crippen molar-refractivity contribution in [3.05, 3.63) is 259 Å². The second-order valence-electron chi connectivity index (χ2n) is 40.4. The number of hydrogen-bond donors (Lipinski definition) is 0. The minimum atomic E-state index is -0.641. The number of ether oxygens (including phenoxy) is 1. The number of fused-ring (bicyclic) bond motifs is 11. The number of aromatic nitrogens is 17. The Morgan fingerprint density at radius 3 is 1.15 bits per heavy atom. The predicted molar refractivity (Wildman–Crippen MR) is 551 cm³/mol. The van der Waals surface area contributed by atoms with Crippen LogP contribution in [0.2, 0.25) is 0 Å². The van der Waals surface area contributed by atoms with Crippen LogP contribution in [0.3, 0.4) is 0 Å². The Labute approximate surface area is 857 Å². The molecule has 9 aliphatic rings. The van der Waals surface area contributed by atoms with E-state index in [1.165, 1.54) is 20.8 Å². The lowest BCUT2D eigenvalue weighted by atomic mass is 9.93. The van der Waals surface area contributed by atoms with Crippen LogP contribution >= 0.6 is 47.8 Å². The lowest BCUT2D eigenvalue weighted by Crippen LogP contribution is -2.45. The summed E-state index contributed by atoms with van der Waals surface area (Å²) in [6, 6.07) is 26.9. The molecule has 13 aromatic rings. The Hall–Kier alpha value is -13.1. The highest BCUT2D eigenvalue weighted by Crippen LogP contribution is 2.63. The van der Waals surface area contributed by atoms with Gasteiger partial charge in [0.25, 0.3) is 0 Å². The molecule has 3 amide bonds. The number of amides is 3.